The molecule has 356 valence electrons. The second-order valence-electron chi connectivity index (χ2n) is 15.2. The summed E-state index contributed by atoms with van der Waals surface area (Å²) >= 11 is 0. The fourth-order valence-electron chi connectivity index (χ4n) is 5.68. The molecule has 0 bridgehead atoms. The summed E-state index contributed by atoms with van der Waals surface area (Å²) in [5.74, 6) is -1.06. The van der Waals surface area contributed by atoms with Gasteiger partial charge in [-0.25, -0.2) is 0 Å². The number of carbonyl (C=O) groups is 3. The Morgan fingerprint density at radius 2 is 0.554 bits per heavy atom. The second kappa shape index (κ2) is 51.1. The number of carbonyl (C=O) groups excluding carboxylic acids is 3. The monoisotopic (exact) mass is 889 g/mol. The van der Waals surface area contributed by atoms with Crippen molar-refractivity contribution in [2.24, 2.45) is 0 Å². The molecule has 0 fully saturated rings. The maximum Gasteiger partial charge on any atom is 0.306 e. The van der Waals surface area contributed by atoms with Gasteiger partial charge in [0.05, 0.1) is 0 Å². The van der Waals surface area contributed by atoms with Crippen molar-refractivity contribution >= 4 is 17.9 Å². The van der Waals surface area contributed by atoms with Gasteiger partial charge in [-0.2, -0.15) is 0 Å². The molecule has 0 aromatic heterocycles. The lowest BCUT2D eigenvalue weighted by molar-refractivity contribution is -0.167. The van der Waals surface area contributed by atoms with Crippen LogP contribution >= 0.6 is 0 Å². The van der Waals surface area contributed by atoms with Crippen molar-refractivity contribution in [2.45, 2.75) is 155 Å². The van der Waals surface area contributed by atoms with E-state index in [0.717, 1.165) is 96.3 Å². The van der Waals surface area contributed by atoms with Gasteiger partial charge in [0, 0.05) is 19.3 Å². The molecule has 0 heterocycles. The number of esters is 3. The van der Waals surface area contributed by atoms with Crippen LogP contribution in [0.4, 0.5) is 0 Å². The zero-order chi connectivity index (χ0) is 47.2. The summed E-state index contributed by atoms with van der Waals surface area (Å²) in [5, 5.41) is 0. The predicted octanol–water partition coefficient (Wildman–Crippen LogP) is 16.2. The standard InChI is InChI=1S/C59H84O6/c1-4-7-10-13-16-19-22-25-27-29-31-34-37-40-43-46-49-52-58(61)64-55-56(54-63-57(60)51-48-45-42-39-36-33-24-21-18-15-12-9-6-3)65-59(62)53-50-47-44-41-38-35-32-30-28-26-23-20-17-14-11-8-5-2/h7-32,34-35,37-38,56H,4-6,33,36,39-55H2,1-3H3/b10-7+,11-8+,12-9+,16-13+,17-14+,18-15+,22-19+,23-20+,24-21+,27-25+,28-26+,31-29+,32-30+,37-34+,38-35+. The number of allylic oxidation sites excluding steroid dienone is 30. The molecule has 6 heteroatoms. The van der Waals surface area contributed by atoms with Gasteiger partial charge in [-0.15, -0.1) is 0 Å². The van der Waals surface area contributed by atoms with Crippen LogP contribution in [0.2, 0.25) is 0 Å². The van der Waals surface area contributed by atoms with Gasteiger partial charge in [-0.05, 0) is 77.0 Å². The Labute approximate surface area is 395 Å². The Morgan fingerprint density at radius 1 is 0.308 bits per heavy atom. The van der Waals surface area contributed by atoms with Crippen molar-refractivity contribution in [3.05, 3.63) is 182 Å². The number of rotatable bonds is 40. The van der Waals surface area contributed by atoms with Crippen molar-refractivity contribution in [3.63, 3.8) is 0 Å². The largest absolute Gasteiger partial charge is 0.462 e. The van der Waals surface area contributed by atoms with E-state index in [1.807, 2.05) is 128 Å². The van der Waals surface area contributed by atoms with Crippen LogP contribution in [0.5, 0.6) is 0 Å². The zero-order valence-electron chi connectivity index (χ0n) is 40.4. The van der Waals surface area contributed by atoms with Crippen molar-refractivity contribution in [2.75, 3.05) is 13.2 Å². The lowest BCUT2D eigenvalue weighted by Gasteiger charge is -2.18. The number of hydrogen-bond acceptors (Lipinski definition) is 6. The van der Waals surface area contributed by atoms with Gasteiger partial charge in [0.1, 0.15) is 13.2 Å². The molecule has 0 radical (unpaired) electrons. The third-order valence-electron chi connectivity index (χ3n) is 9.27. The van der Waals surface area contributed by atoms with E-state index in [2.05, 4.69) is 75.5 Å². The Kier molecular flexibility index (Phi) is 46.8. The van der Waals surface area contributed by atoms with Crippen molar-refractivity contribution in [1.82, 2.24) is 0 Å². The molecule has 0 aliphatic rings. The molecule has 0 aromatic carbocycles. The first kappa shape index (κ1) is 59.5. The summed E-state index contributed by atoms with van der Waals surface area (Å²) in [4.78, 5) is 37.9. The lowest BCUT2D eigenvalue weighted by Crippen LogP contribution is -2.30. The maximum absolute atomic E-state index is 12.8. The fourth-order valence-corrected chi connectivity index (χ4v) is 5.68. The molecule has 65 heavy (non-hydrogen) atoms. The SMILES string of the molecule is CC/C=C/C=C/C=C/C=C/C=C/C=C/CCCCCC(=O)OCC(COC(=O)CCCCCCC/C=C/C=C/C=C/CC)OC(=O)CCCCC/C=C/C=C/C=C/C=C/C=C/C=C/CC. The topological polar surface area (TPSA) is 78.9 Å². The van der Waals surface area contributed by atoms with E-state index in [9.17, 15) is 14.4 Å². The normalized spacial score (nSPS) is 13.7. The van der Waals surface area contributed by atoms with E-state index < -0.39 is 6.10 Å². The number of unbranched alkanes of at least 4 members (excludes halogenated alkanes) is 11. The predicted molar refractivity (Wildman–Crippen MR) is 278 cm³/mol. The van der Waals surface area contributed by atoms with Gasteiger partial charge in [-0.1, -0.05) is 235 Å². The van der Waals surface area contributed by atoms with Crippen LogP contribution in [-0.2, 0) is 28.6 Å². The summed E-state index contributed by atoms with van der Waals surface area (Å²) in [6.07, 6.45) is 77.2. The van der Waals surface area contributed by atoms with Gasteiger partial charge in [0.25, 0.3) is 0 Å². The third-order valence-corrected chi connectivity index (χ3v) is 9.27. The van der Waals surface area contributed by atoms with Gasteiger partial charge in [-0.3, -0.25) is 14.4 Å². The van der Waals surface area contributed by atoms with E-state index in [4.69, 9.17) is 14.2 Å². The highest BCUT2D eigenvalue weighted by Gasteiger charge is 2.19. The molecule has 0 N–H and O–H groups in total. The molecule has 0 saturated heterocycles. The van der Waals surface area contributed by atoms with E-state index in [1.165, 1.54) is 0 Å². The first-order valence-electron chi connectivity index (χ1n) is 24.5. The average molecular weight is 889 g/mol. The first-order chi connectivity index (χ1) is 32.0. The van der Waals surface area contributed by atoms with E-state index in [0.29, 0.717) is 19.3 Å². The zero-order valence-corrected chi connectivity index (χ0v) is 40.4. The van der Waals surface area contributed by atoms with E-state index in [-0.39, 0.29) is 44.0 Å². The van der Waals surface area contributed by atoms with Crippen LogP contribution in [0.3, 0.4) is 0 Å². The first-order valence-corrected chi connectivity index (χ1v) is 24.5. The minimum atomic E-state index is -0.839. The van der Waals surface area contributed by atoms with Crippen molar-refractivity contribution in [3.8, 4) is 0 Å². The highest BCUT2D eigenvalue weighted by atomic mass is 16.6. The molecule has 1 atom stereocenters. The number of ether oxygens (including phenoxy) is 3. The molecule has 0 aliphatic carbocycles. The highest BCUT2D eigenvalue weighted by molar-refractivity contribution is 5.71. The quantitative estimate of drug-likeness (QED) is 0.0264. The molecule has 0 aliphatic heterocycles. The molecule has 0 aromatic rings. The molecule has 0 spiro atoms. The second-order valence-corrected chi connectivity index (χ2v) is 15.2. The fraction of sp³-hybridized carbons (Fsp3) is 0.441. The maximum atomic E-state index is 12.8. The lowest BCUT2D eigenvalue weighted by atomic mass is 10.1. The van der Waals surface area contributed by atoms with Crippen molar-refractivity contribution < 1.29 is 28.6 Å². The Morgan fingerprint density at radius 3 is 0.877 bits per heavy atom. The highest BCUT2D eigenvalue weighted by Crippen LogP contribution is 2.11. The van der Waals surface area contributed by atoms with Crippen LogP contribution < -0.4 is 0 Å². The Hall–Kier alpha value is -5.49. The summed E-state index contributed by atoms with van der Waals surface area (Å²) in [5.41, 5.74) is 0. The smallest absolute Gasteiger partial charge is 0.306 e. The van der Waals surface area contributed by atoms with E-state index >= 15 is 0 Å². The third kappa shape index (κ3) is 49.4. The Balaban J connectivity index is 4.67. The average Bonchev–Trinajstić information content (AvgIpc) is 3.30. The molecular weight excluding hydrogens is 805 g/mol. The van der Waals surface area contributed by atoms with Crippen LogP contribution in [0.25, 0.3) is 0 Å². The minimum absolute atomic E-state index is 0.133. The van der Waals surface area contributed by atoms with Crippen LogP contribution in [0.1, 0.15) is 149 Å². The molecule has 0 amide bonds. The Bertz CT molecular complexity index is 1630. The van der Waals surface area contributed by atoms with Crippen LogP contribution in [0, 0.1) is 0 Å². The summed E-state index contributed by atoms with van der Waals surface area (Å²) in [7, 11) is 0. The van der Waals surface area contributed by atoms with Gasteiger partial charge in [0.2, 0.25) is 0 Å². The van der Waals surface area contributed by atoms with Crippen molar-refractivity contribution in [1.29, 1.82) is 0 Å². The van der Waals surface area contributed by atoms with E-state index in [1.54, 1.807) is 0 Å². The molecule has 6 nitrogen and oxygen atoms in total. The summed E-state index contributed by atoms with van der Waals surface area (Å²) < 4.78 is 16.7. The molecular formula is C59H84O6. The minimum Gasteiger partial charge on any atom is -0.462 e. The summed E-state index contributed by atoms with van der Waals surface area (Å²) in [6, 6.07) is 0. The van der Waals surface area contributed by atoms with Gasteiger partial charge >= 0.3 is 17.9 Å². The molecule has 0 saturated carbocycles. The van der Waals surface area contributed by atoms with Gasteiger partial charge < -0.3 is 14.2 Å². The van der Waals surface area contributed by atoms with Gasteiger partial charge in [0.15, 0.2) is 6.10 Å². The molecule has 1 unspecified atom stereocenters. The molecule has 0 rings (SSSR count). The summed E-state index contributed by atoms with van der Waals surface area (Å²) in [6.45, 7) is 6.07. The van der Waals surface area contributed by atoms with Crippen LogP contribution in [0.15, 0.2) is 182 Å². The van der Waals surface area contributed by atoms with Crippen LogP contribution in [-0.4, -0.2) is 37.2 Å². The number of hydrogen-bond donors (Lipinski definition) is 0.